The molecule has 0 amide bonds. The Hall–Kier alpha value is -2.33. The molecule has 1 unspecified atom stereocenters. The second-order valence-corrected chi connectivity index (χ2v) is 12.0. The van der Waals surface area contributed by atoms with Gasteiger partial charge in [-0.25, -0.2) is 0 Å². The largest absolute Gasteiger partial charge is 0.378 e. The van der Waals surface area contributed by atoms with E-state index >= 15 is 0 Å². The molecule has 0 bridgehead atoms. The molecular weight excluding hydrogens is 464 g/mol. The zero-order valence-corrected chi connectivity index (χ0v) is 24.4. The van der Waals surface area contributed by atoms with Crippen LogP contribution in [0.2, 0.25) is 0 Å². The molecule has 0 aromatic heterocycles. The predicted molar refractivity (Wildman–Crippen MR) is 164 cm³/mol. The van der Waals surface area contributed by atoms with Crippen molar-refractivity contribution < 1.29 is 0 Å². The quantitative estimate of drug-likeness (QED) is 0.313. The molecule has 2 fully saturated rings. The third-order valence-corrected chi connectivity index (χ3v) is 9.25. The first-order chi connectivity index (χ1) is 18.6. The van der Waals surface area contributed by atoms with Crippen LogP contribution in [0.25, 0.3) is 5.57 Å². The first kappa shape index (κ1) is 28.7. The number of rotatable bonds is 11. The number of hydrogen-bond donors (Lipinski definition) is 1. The molecule has 2 saturated heterocycles. The van der Waals surface area contributed by atoms with E-state index in [2.05, 4.69) is 77.1 Å². The minimum Gasteiger partial charge on any atom is -0.378 e. The summed E-state index contributed by atoms with van der Waals surface area (Å²) in [4.78, 5) is 9.24. The first-order valence-electron chi connectivity index (χ1n) is 15.3. The molecule has 1 N–H and O–H groups in total. The normalized spacial score (nSPS) is 22.6. The highest BCUT2D eigenvalue weighted by atomic mass is 15.2. The fraction of sp³-hybridized carbons (Fsp3) is 0.618. The van der Waals surface area contributed by atoms with Crippen LogP contribution in [0.5, 0.6) is 0 Å². The number of nitrogens with zero attached hydrogens (tertiary/aromatic N) is 3. The van der Waals surface area contributed by atoms with E-state index in [-0.39, 0.29) is 0 Å². The molecule has 0 spiro atoms. The maximum Gasteiger partial charge on any atom is 0.0673 e. The van der Waals surface area contributed by atoms with Crippen LogP contribution in [-0.2, 0) is 6.42 Å². The Morgan fingerprint density at radius 3 is 2.42 bits per heavy atom. The Morgan fingerprint density at radius 1 is 1.05 bits per heavy atom. The lowest BCUT2D eigenvalue weighted by atomic mass is 9.83. The smallest absolute Gasteiger partial charge is 0.0673 e. The van der Waals surface area contributed by atoms with Crippen LogP contribution >= 0.6 is 0 Å². The zero-order valence-electron chi connectivity index (χ0n) is 24.4. The zero-order chi connectivity index (χ0) is 26.7. The lowest BCUT2D eigenvalue weighted by Crippen LogP contribution is -2.38. The van der Waals surface area contributed by atoms with E-state index in [9.17, 15) is 0 Å². The third kappa shape index (κ3) is 8.33. The van der Waals surface area contributed by atoms with E-state index in [0.717, 1.165) is 31.3 Å². The summed E-state index contributed by atoms with van der Waals surface area (Å²) in [6.07, 6.45) is 19.0. The highest BCUT2D eigenvalue weighted by Gasteiger charge is 2.24. The molecule has 1 aromatic carbocycles. The number of piperidine rings is 2. The van der Waals surface area contributed by atoms with E-state index in [1.54, 1.807) is 0 Å². The van der Waals surface area contributed by atoms with Gasteiger partial charge in [-0.15, -0.1) is 0 Å². The van der Waals surface area contributed by atoms with Gasteiger partial charge < -0.3 is 10.2 Å². The Labute approximate surface area is 233 Å². The van der Waals surface area contributed by atoms with Crippen molar-refractivity contribution >= 4 is 11.8 Å². The molecule has 0 saturated carbocycles. The number of hydrogen-bond acceptors (Lipinski definition) is 4. The van der Waals surface area contributed by atoms with Crippen LogP contribution in [-0.4, -0.2) is 55.9 Å². The van der Waals surface area contributed by atoms with Gasteiger partial charge in [0, 0.05) is 57.3 Å². The molecule has 4 nitrogen and oxygen atoms in total. The Morgan fingerprint density at radius 2 is 1.79 bits per heavy atom. The summed E-state index contributed by atoms with van der Waals surface area (Å²) in [5.74, 6) is 2.37. The monoisotopic (exact) mass is 516 g/mol. The van der Waals surface area contributed by atoms with Crippen LogP contribution in [0, 0.1) is 17.8 Å². The molecule has 4 heteroatoms. The summed E-state index contributed by atoms with van der Waals surface area (Å²) in [7, 11) is 1.83. The van der Waals surface area contributed by atoms with Gasteiger partial charge in [0.2, 0.25) is 0 Å². The Bertz CT molecular complexity index is 957. The number of nitrogens with one attached hydrogen (secondary N) is 1. The van der Waals surface area contributed by atoms with E-state index in [4.69, 9.17) is 0 Å². The molecule has 38 heavy (non-hydrogen) atoms. The highest BCUT2D eigenvalue weighted by molar-refractivity contribution is 5.78. The maximum absolute atomic E-state index is 4.51. The Kier molecular flexibility index (Phi) is 11.1. The number of benzene rings is 1. The summed E-state index contributed by atoms with van der Waals surface area (Å²) in [5, 5.41) is 3.48. The number of allylic oxidation sites excluding steroid dienone is 4. The number of likely N-dealkylation sites (tertiary alicyclic amines) is 2. The van der Waals surface area contributed by atoms with Crippen molar-refractivity contribution in [2.45, 2.75) is 78.1 Å². The molecule has 2 aliphatic heterocycles. The lowest BCUT2D eigenvalue weighted by Gasteiger charge is -2.37. The van der Waals surface area contributed by atoms with Crippen molar-refractivity contribution in [1.29, 1.82) is 0 Å². The molecule has 3 aliphatic rings. The third-order valence-electron chi connectivity index (χ3n) is 9.25. The molecular formula is C34H52N4. The van der Waals surface area contributed by atoms with Gasteiger partial charge in [-0.2, -0.15) is 0 Å². The molecule has 2 heterocycles. The summed E-state index contributed by atoms with van der Waals surface area (Å²) >= 11 is 0. The van der Waals surface area contributed by atoms with Crippen LogP contribution in [0.1, 0.15) is 82.8 Å². The van der Waals surface area contributed by atoms with Gasteiger partial charge in [-0.1, -0.05) is 50.8 Å². The fourth-order valence-electron chi connectivity index (χ4n) is 6.34. The van der Waals surface area contributed by atoms with Crippen molar-refractivity contribution in [3.8, 4) is 0 Å². The van der Waals surface area contributed by atoms with Gasteiger partial charge in [-0.3, -0.25) is 9.89 Å². The molecule has 0 radical (unpaired) electrons. The van der Waals surface area contributed by atoms with E-state index in [0.29, 0.717) is 5.92 Å². The lowest BCUT2D eigenvalue weighted by molar-refractivity contribution is 0.174. The topological polar surface area (TPSA) is 30.9 Å². The fourth-order valence-corrected chi connectivity index (χ4v) is 6.34. The van der Waals surface area contributed by atoms with E-state index in [1.807, 2.05) is 13.3 Å². The van der Waals surface area contributed by atoms with Crippen molar-refractivity contribution in [2.75, 3.05) is 39.9 Å². The highest BCUT2D eigenvalue weighted by Crippen LogP contribution is 2.36. The van der Waals surface area contributed by atoms with Gasteiger partial charge >= 0.3 is 0 Å². The number of aryl methyl sites for hydroxylation is 1. The maximum atomic E-state index is 4.51. The molecule has 1 aromatic rings. The average molecular weight is 517 g/mol. The Balaban J connectivity index is 1.16. The minimum absolute atomic E-state index is 0.634. The van der Waals surface area contributed by atoms with Crippen LogP contribution in [0.15, 0.2) is 59.4 Å². The van der Waals surface area contributed by atoms with Crippen molar-refractivity contribution in [2.24, 2.45) is 22.7 Å². The molecule has 1 atom stereocenters. The van der Waals surface area contributed by atoms with Crippen molar-refractivity contribution in [3.63, 3.8) is 0 Å². The van der Waals surface area contributed by atoms with Gasteiger partial charge in [0.1, 0.15) is 0 Å². The van der Waals surface area contributed by atoms with Gasteiger partial charge in [0.25, 0.3) is 0 Å². The second kappa shape index (κ2) is 14.7. The van der Waals surface area contributed by atoms with Crippen molar-refractivity contribution in [1.82, 2.24) is 15.1 Å². The molecule has 4 rings (SSSR count). The van der Waals surface area contributed by atoms with Gasteiger partial charge in [-0.05, 0) is 98.3 Å². The van der Waals surface area contributed by atoms with Gasteiger partial charge in [0.05, 0.1) is 6.67 Å². The van der Waals surface area contributed by atoms with E-state index in [1.165, 1.54) is 106 Å². The van der Waals surface area contributed by atoms with E-state index < -0.39 is 0 Å². The summed E-state index contributed by atoms with van der Waals surface area (Å²) in [5.41, 5.74) is 7.11. The van der Waals surface area contributed by atoms with Crippen LogP contribution in [0.4, 0.5) is 0 Å². The molecule has 1 aliphatic carbocycles. The second-order valence-electron chi connectivity index (χ2n) is 12.0. The van der Waals surface area contributed by atoms with Crippen LogP contribution < -0.4 is 5.32 Å². The van der Waals surface area contributed by atoms with Gasteiger partial charge in [0.15, 0.2) is 0 Å². The summed E-state index contributed by atoms with van der Waals surface area (Å²) < 4.78 is 0. The average Bonchev–Trinajstić information content (AvgIpc) is 2.96. The SMILES string of the molecule is C=C(C1CC=C(c2ccc(CCC3CCN(CNC=C(C=NC)CC)CC3)cc2)CC1)N1CCC(C)CC1. The minimum atomic E-state index is 0.634. The predicted octanol–water partition coefficient (Wildman–Crippen LogP) is 7.30. The summed E-state index contributed by atoms with van der Waals surface area (Å²) in [6, 6.07) is 9.51. The van der Waals surface area contributed by atoms with Crippen molar-refractivity contribution in [3.05, 3.63) is 65.5 Å². The first-order valence-corrected chi connectivity index (χ1v) is 15.3. The molecule has 208 valence electrons. The van der Waals surface area contributed by atoms with Crippen LogP contribution in [0.3, 0.4) is 0 Å². The standard InChI is InChI=1S/C34H52N4/c1-5-29(24-35-4)25-36-26-37-20-18-31(19-21-37)7-6-30-8-10-33(11-9-30)34-14-12-32(13-15-34)28(3)38-22-16-27(2)17-23-38/h8-11,14,24-25,27,31-32,36H,3,5-7,12-13,15-23,26H2,1-2,4H3. The number of aliphatic imine (C=N–C) groups is 1. The summed E-state index contributed by atoms with van der Waals surface area (Å²) in [6.45, 7) is 14.8.